The number of halogens is 2. The van der Waals surface area contributed by atoms with E-state index in [1.165, 1.54) is 0 Å². The second-order valence-corrected chi connectivity index (χ2v) is 5.71. The third-order valence-electron chi connectivity index (χ3n) is 3.95. The van der Waals surface area contributed by atoms with Crippen LogP contribution in [0.2, 0.25) is 0 Å². The van der Waals surface area contributed by atoms with Crippen LogP contribution in [-0.4, -0.2) is 87.2 Å². The molecule has 7 nitrogen and oxygen atoms in total. The second kappa shape index (κ2) is 11.9. The van der Waals surface area contributed by atoms with Crippen LogP contribution in [-0.2, 0) is 14.3 Å². The van der Waals surface area contributed by atoms with Gasteiger partial charge in [0.15, 0.2) is 0 Å². The molecule has 9 heteroatoms. The topological polar surface area (TPSA) is 73.9 Å². The molecular formula is C14H28Cl2N4O3. The summed E-state index contributed by atoms with van der Waals surface area (Å²) < 4.78 is 5.31. The average molecular weight is 371 g/mol. The van der Waals surface area contributed by atoms with E-state index in [0.29, 0.717) is 32.6 Å². The minimum atomic E-state index is -0.0239. The summed E-state index contributed by atoms with van der Waals surface area (Å²) in [5.74, 6) is 0.103. The lowest BCUT2D eigenvalue weighted by Crippen LogP contribution is -2.48. The van der Waals surface area contributed by atoms with Gasteiger partial charge in [0.1, 0.15) is 0 Å². The predicted molar refractivity (Wildman–Crippen MR) is 93.4 cm³/mol. The molecule has 0 aromatic heterocycles. The lowest BCUT2D eigenvalue weighted by molar-refractivity contribution is -0.132. The summed E-state index contributed by atoms with van der Waals surface area (Å²) in [5, 5.41) is 6.06. The molecule has 2 N–H and O–H groups in total. The van der Waals surface area contributed by atoms with Gasteiger partial charge in [-0.1, -0.05) is 0 Å². The Kier molecular flexibility index (Phi) is 11.6. The van der Waals surface area contributed by atoms with Crippen LogP contribution in [0.15, 0.2) is 0 Å². The number of carbonyl (C=O) groups excluding carboxylic acids is 2. The number of hydrogen-bond donors (Lipinski definition) is 2. The Morgan fingerprint density at radius 1 is 1.22 bits per heavy atom. The van der Waals surface area contributed by atoms with Gasteiger partial charge in [-0.15, -0.1) is 24.8 Å². The molecule has 2 aliphatic rings. The van der Waals surface area contributed by atoms with Crippen molar-refractivity contribution in [2.24, 2.45) is 0 Å². The highest BCUT2D eigenvalue weighted by Gasteiger charge is 2.19. The molecule has 2 rings (SSSR count). The van der Waals surface area contributed by atoms with Crippen molar-refractivity contribution in [3.63, 3.8) is 0 Å². The molecular weight excluding hydrogens is 343 g/mol. The number of amides is 2. The molecule has 2 amide bonds. The first-order chi connectivity index (χ1) is 10.1. The van der Waals surface area contributed by atoms with Gasteiger partial charge < -0.3 is 25.2 Å². The number of nitrogens with zero attached hydrogens (tertiary/aromatic N) is 2. The van der Waals surface area contributed by atoms with Crippen LogP contribution in [0.1, 0.15) is 12.8 Å². The Morgan fingerprint density at radius 2 is 1.91 bits per heavy atom. The fourth-order valence-electron chi connectivity index (χ4n) is 2.57. The summed E-state index contributed by atoms with van der Waals surface area (Å²) in [4.78, 5) is 27.9. The SMILES string of the molecule is CN1CCN(C(=O)CCNC(=O)CC2COCCN2)CC1.Cl.Cl. The Balaban J connectivity index is 0.00000242. The van der Waals surface area contributed by atoms with Crippen molar-refractivity contribution in [1.29, 1.82) is 0 Å². The van der Waals surface area contributed by atoms with Crippen molar-refractivity contribution in [2.45, 2.75) is 18.9 Å². The third kappa shape index (κ3) is 8.17. The van der Waals surface area contributed by atoms with Crippen molar-refractivity contribution in [3.05, 3.63) is 0 Å². The molecule has 0 bridgehead atoms. The molecule has 0 saturated carbocycles. The van der Waals surface area contributed by atoms with E-state index in [1.54, 1.807) is 0 Å². The second-order valence-electron chi connectivity index (χ2n) is 5.71. The van der Waals surface area contributed by atoms with Crippen molar-refractivity contribution < 1.29 is 14.3 Å². The van der Waals surface area contributed by atoms with Gasteiger partial charge in [-0.05, 0) is 7.05 Å². The maximum absolute atomic E-state index is 12.0. The van der Waals surface area contributed by atoms with E-state index >= 15 is 0 Å². The van der Waals surface area contributed by atoms with Crippen LogP contribution in [0.4, 0.5) is 0 Å². The fourth-order valence-corrected chi connectivity index (χ4v) is 2.57. The van der Waals surface area contributed by atoms with Gasteiger partial charge in [-0.25, -0.2) is 0 Å². The number of rotatable bonds is 5. The largest absolute Gasteiger partial charge is 0.378 e. The van der Waals surface area contributed by atoms with E-state index in [-0.39, 0.29) is 42.7 Å². The Bertz CT molecular complexity index is 360. The summed E-state index contributed by atoms with van der Waals surface area (Å²) in [6.45, 7) is 5.90. The minimum absolute atomic E-state index is 0. The predicted octanol–water partition coefficient (Wildman–Crippen LogP) is -0.511. The van der Waals surface area contributed by atoms with E-state index in [9.17, 15) is 9.59 Å². The normalized spacial score (nSPS) is 21.8. The molecule has 2 fully saturated rings. The van der Waals surface area contributed by atoms with Crippen LogP contribution in [0.3, 0.4) is 0 Å². The summed E-state index contributed by atoms with van der Waals surface area (Å²) in [7, 11) is 2.06. The van der Waals surface area contributed by atoms with Gasteiger partial charge in [0.25, 0.3) is 0 Å². The molecule has 0 aromatic carbocycles. The maximum Gasteiger partial charge on any atom is 0.224 e. The molecule has 23 heavy (non-hydrogen) atoms. The number of hydrogen-bond acceptors (Lipinski definition) is 5. The van der Waals surface area contributed by atoms with Crippen LogP contribution >= 0.6 is 24.8 Å². The molecule has 1 unspecified atom stereocenters. The maximum atomic E-state index is 12.0. The third-order valence-corrected chi connectivity index (χ3v) is 3.95. The first-order valence-electron chi connectivity index (χ1n) is 7.69. The van der Waals surface area contributed by atoms with Gasteiger partial charge in [-0.2, -0.15) is 0 Å². The van der Waals surface area contributed by atoms with Crippen LogP contribution < -0.4 is 10.6 Å². The van der Waals surface area contributed by atoms with Gasteiger partial charge in [0.05, 0.1) is 13.2 Å². The first kappa shape index (κ1) is 22.4. The van der Waals surface area contributed by atoms with Gasteiger partial charge in [-0.3, -0.25) is 9.59 Å². The summed E-state index contributed by atoms with van der Waals surface area (Å²) >= 11 is 0. The summed E-state index contributed by atoms with van der Waals surface area (Å²) in [5.41, 5.74) is 0. The van der Waals surface area contributed by atoms with Crippen molar-refractivity contribution in [1.82, 2.24) is 20.4 Å². The molecule has 136 valence electrons. The zero-order valence-electron chi connectivity index (χ0n) is 13.6. The van der Waals surface area contributed by atoms with Crippen LogP contribution in [0, 0.1) is 0 Å². The standard InChI is InChI=1S/C14H26N4O3.2ClH/c1-17-5-7-18(8-6-17)14(20)2-3-16-13(19)10-12-11-21-9-4-15-12;;/h12,15H,2-11H2,1H3,(H,16,19);2*1H. The number of carbonyl (C=O) groups is 2. The van der Waals surface area contributed by atoms with Gasteiger partial charge in [0.2, 0.25) is 11.8 Å². The lowest BCUT2D eigenvalue weighted by Gasteiger charge is -2.32. The first-order valence-corrected chi connectivity index (χ1v) is 7.69. The quantitative estimate of drug-likeness (QED) is 0.681. The molecule has 2 heterocycles. The van der Waals surface area contributed by atoms with Crippen molar-refractivity contribution in [2.75, 3.05) is 59.5 Å². The highest BCUT2D eigenvalue weighted by atomic mass is 35.5. The molecule has 2 aliphatic heterocycles. The summed E-state index contributed by atoms with van der Waals surface area (Å²) in [6, 6.07) is 0.0899. The smallest absolute Gasteiger partial charge is 0.224 e. The molecule has 0 spiro atoms. The number of morpholine rings is 1. The average Bonchev–Trinajstić information content (AvgIpc) is 2.49. The molecule has 0 radical (unpaired) electrons. The zero-order valence-corrected chi connectivity index (χ0v) is 15.2. The number of piperazine rings is 1. The van der Waals surface area contributed by atoms with E-state index in [0.717, 1.165) is 32.7 Å². The highest BCUT2D eigenvalue weighted by molar-refractivity contribution is 5.85. The minimum Gasteiger partial charge on any atom is -0.378 e. The van der Waals surface area contributed by atoms with Crippen LogP contribution in [0.25, 0.3) is 0 Å². The van der Waals surface area contributed by atoms with E-state index in [4.69, 9.17) is 4.74 Å². The zero-order chi connectivity index (χ0) is 15.1. The Labute approximate surface area is 150 Å². The van der Waals surface area contributed by atoms with Gasteiger partial charge >= 0.3 is 0 Å². The van der Waals surface area contributed by atoms with Crippen LogP contribution in [0.5, 0.6) is 0 Å². The van der Waals surface area contributed by atoms with E-state index < -0.39 is 0 Å². The molecule has 2 saturated heterocycles. The van der Waals surface area contributed by atoms with Crippen molar-refractivity contribution >= 4 is 36.6 Å². The van der Waals surface area contributed by atoms with Gasteiger partial charge in [0, 0.05) is 58.2 Å². The number of nitrogens with one attached hydrogen (secondary N) is 2. The number of likely N-dealkylation sites (N-methyl/N-ethyl adjacent to an activating group) is 1. The van der Waals surface area contributed by atoms with E-state index in [2.05, 4.69) is 22.6 Å². The lowest BCUT2D eigenvalue weighted by atomic mass is 10.2. The monoisotopic (exact) mass is 370 g/mol. The fraction of sp³-hybridized carbons (Fsp3) is 0.857. The molecule has 0 aromatic rings. The van der Waals surface area contributed by atoms with Crippen molar-refractivity contribution in [3.8, 4) is 0 Å². The molecule has 1 atom stereocenters. The Morgan fingerprint density at radius 3 is 2.52 bits per heavy atom. The number of ether oxygens (including phenoxy) is 1. The highest BCUT2D eigenvalue weighted by Crippen LogP contribution is 2.02. The molecule has 0 aliphatic carbocycles. The Hall–Kier alpha value is -0.600. The van der Waals surface area contributed by atoms with E-state index in [1.807, 2.05) is 4.90 Å². The summed E-state index contributed by atoms with van der Waals surface area (Å²) in [6.07, 6.45) is 0.784.